The predicted octanol–water partition coefficient (Wildman–Crippen LogP) is 5.25. The highest BCUT2D eigenvalue weighted by Gasteiger charge is 2.22. The zero-order chi connectivity index (χ0) is 23.0. The molecule has 1 amide bonds. The van der Waals surface area contributed by atoms with Crippen molar-refractivity contribution in [3.05, 3.63) is 57.4 Å². The molecule has 0 aliphatic carbocycles. The lowest BCUT2D eigenvalue weighted by Gasteiger charge is -2.25. The van der Waals surface area contributed by atoms with Gasteiger partial charge in [-0.2, -0.15) is 0 Å². The van der Waals surface area contributed by atoms with Gasteiger partial charge in [-0.05, 0) is 17.6 Å². The van der Waals surface area contributed by atoms with Crippen molar-refractivity contribution in [3.8, 4) is 5.75 Å². The number of carbonyl (C=O) groups excluding carboxylic acids is 1. The van der Waals surface area contributed by atoms with Gasteiger partial charge in [0.15, 0.2) is 11.4 Å². The quantitative estimate of drug-likeness (QED) is 0.503. The van der Waals surface area contributed by atoms with Gasteiger partial charge in [0.05, 0.1) is 28.3 Å². The normalized spacial score (nSPS) is 14.0. The van der Waals surface area contributed by atoms with E-state index in [-0.39, 0.29) is 46.1 Å². The Kier molecular flexibility index (Phi) is 6.26. The largest absolute Gasteiger partial charge is 0.486 e. The van der Waals surface area contributed by atoms with Gasteiger partial charge < -0.3 is 19.8 Å². The number of carbonyl (C=O) groups is 1. The standard InChI is InChI=1S/C22H19Cl2F2N3O3/c1-11(30)29-5-2-12(3-6-29)15-10-32-20-14(15)9-28-22(27)21(20)31-7-4-13-18(23)16(25)8-17(26)19(13)24/h2,8-10H,3-7H2,1H3,(H2,27,28). The summed E-state index contributed by atoms with van der Waals surface area (Å²) in [5, 5.41) is 0.200. The molecule has 0 saturated heterocycles. The van der Waals surface area contributed by atoms with Gasteiger partial charge in [0.1, 0.15) is 11.6 Å². The lowest BCUT2D eigenvalue weighted by molar-refractivity contribution is -0.128. The summed E-state index contributed by atoms with van der Waals surface area (Å²) in [6.07, 6.45) is 5.90. The van der Waals surface area contributed by atoms with Gasteiger partial charge in [-0.3, -0.25) is 4.79 Å². The first-order chi connectivity index (χ1) is 15.3. The summed E-state index contributed by atoms with van der Waals surface area (Å²) >= 11 is 11.9. The Morgan fingerprint density at radius 3 is 2.66 bits per heavy atom. The van der Waals surface area contributed by atoms with Crippen LogP contribution in [-0.4, -0.2) is 35.5 Å². The lowest BCUT2D eigenvalue weighted by atomic mass is 9.99. The van der Waals surface area contributed by atoms with Gasteiger partial charge in [-0.25, -0.2) is 13.8 Å². The van der Waals surface area contributed by atoms with E-state index in [2.05, 4.69) is 4.98 Å². The van der Waals surface area contributed by atoms with Crippen LogP contribution in [0, 0.1) is 11.6 Å². The predicted molar refractivity (Wildman–Crippen MR) is 119 cm³/mol. The Labute approximate surface area is 192 Å². The van der Waals surface area contributed by atoms with Crippen LogP contribution in [0.3, 0.4) is 0 Å². The second kappa shape index (κ2) is 8.96. The van der Waals surface area contributed by atoms with Gasteiger partial charge in [0, 0.05) is 44.3 Å². The zero-order valence-corrected chi connectivity index (χ0v) is 18.6. The van der Waals surface area contributed by atoms with Crippen LogP contribution >= 0.6 is 23.2 Å². The van der Waals surface area contributed by atoms with Gasteiger partial charge >= 0.3 is 0 Å². The molecule has 0 spiro atoms. The Morgan fingerprint density at radius 2 is 2.03 bits per heavy atom. The molecule has 2 N–H and O–H groups in total. The number of aromatic nitrogens is 1. The molecule has 3 aromatic rings. The molecule has 0 atom stereocenters. The molecule has 0 saturated carbocycles. The number of furan rings is 1. The fraction of sp³-hybridized carbons (Fsp3) is 0.273. The topological polar surface area (TPSA) is 81.6 Å². The Hall–Kier alpha value is -2.84. The summed E-state index contributed by atoms with van der Waals surface area (Å²) in [6, 6.07) is 0.637. The first kappa shape index (κ1) is 22.4. The highest BCUT2D eigenvalue weighted by Crippen LogP contribution is 2.38. The maximum atomic E-state index is 13.7. The molecule has 1 aromatic carbocycles. The van der Waals surface area contributed by atoms with Gasteiger partial charge in [-0.1, -0.05) is 29.3 Å². The van der Waals surface area contributed by atoms with Crippen LogP contribution in [0.15, 0.2) is 29.0 Å². The Bertz CT molecular complexity index is 1220. The number of halogens is 4. The molecule has 0 radical (unpaired) electrons. The average molecular weight is 482 g/mol. The number of ether oxygens (including phenoxy) is 1. The van der Waals surface area contributed by atoms with Crippen molar-refractivity contribution in [1.82, 2.24) is 9.88 Å². The number of pyridine rings is 1. The molecule has 4 rings (SSSR count). The third-order valence-corrected chi connectivity index (χ3v) is 6.22. The molecule has 10 heteroatoms. The number of anilines is 1. The molecule has 0 fully saturated rings. The highest BCUT2D eigenvalue weighted by molar-refractivity contribution is 6.36. The molecular weight excluding hydrogens is 463 g/mol. The summed E-state index contributed by atoms with van der Waals surface area (Å²) in [6.45, 7) is 2.67. The maximum Gasteiger partial charge on any atom is 0.219 e. The summed E-state index contributed by atoms with van der Waals surface area (Å²) in [4.78, 5) is 17.5. The van der Waals surface area contributed by atoms with Crippen LogP contribution in [0.1, 0.15) is 24.5 Å². The van der Waals surface area contributed by atoms with E-state index in [1.807, 2.05) is 6.08 Å². The number of nitrogen functional groups attached to an aromatic ring is 1. The smallest absolute Gasteiger partial charge is 0.219 e. The SMILES string of the molecule is CC(=O)N1CC=C(c2coc3c(OCCc4c(Cl)c(F)cc(F)c4Cl)c(N)ncc23)CC1. The average Bonchev–Trinajstić information content (AvgIpc) is 3.20. The van der Waals surface area contributed by atoms with Gasteiger partial charge in [0.25, 0.3) is 0 Å². The number of nitrogens with two attached hydrogens (primary N) is 1. The molecular formula is C22H19Cl2F2N3O3. The molecule has 32 heavy (non-hydrogen) atoms. The van der Waals surface area contributed by atoms with Crippen LogP contribution in [-0.2, 0) is 11.2 Å². The van der Waals surface area contributed by atoms with Gasteiger partial charge in [-0.15, -0.1) is 0 Å². The molecule has 0 bridgehead atoms. The fourth-order valence-corrected chi connectivity index (χ4v) is 4.20. The number of fused-ring (bicyclic) bond motifs is 1. The molecule has 2 aromatic heterocycles. The van der Waals surface area contributed by atoms with E-state index in [0.29, 0.717) is 36.5 Å². The second-order valence-corrected chi connectivity index (χ2v) is 8.11. The number of amides is 1. The first-order valence-electron chi connectivity index (χ1n) is 9.83. The summed E-state index contributed by atoms with van der Waals surface area (Å²) in [5.74, 6) is -1.43. The van der Waals surface area contributed by atoms with Crippen LogP contribution < -0.4 is 10.5 Å². The summed E-state index contributed by atoms with van der Waals surface area (Å²) < 4.78 is 39.0. The van der Waals surface area contributed by atoms with E-state index in [9.17, 15) is 13.6 Å². The third-order valence-electron chi connectivity index (χ3n) is 5.40. The zero-order valence-electron chi connectivity index (χ0n) is 17.1. The van der Waals surface area contributed by atoms with Crippen LogP contribution in [0.5, 0.6) is 5.75 Å². The molecule has 6 nitrogen and oxygen atoms in total. The third kappa shape index (κ3) is 4.12. The maximum absolute atomic E-state index is 13.7. The van der Waals surface area contributed by atoms with E-state index in [0.717, 1.165) is 11.1 Å². The van der Waals surface area contributed by atoms with E-state index in [4.69, 9.17) is 38.1 Å². The number of hydrogen-bond acceptors (Lipinski definition) is 5. The van der Waals surface area contributed by atoms with E-state index in [1.165, 1.54) is 0 Å². The van der Waals surface area contributed by atoms with Crippen molar-refractivity contribution in [2.24, 2.45) is 0 Å². The number of hydrogen-bond donors (Lipinski definition) is 1. The number of nitrogens with zero attached hydrogens (tertiary/aromatic N) is 2. The van der Waals surface area contributed by atoms with Crippen molar-refractivity contribution in [1.29, 1.82) is 0 Å². The highest BCUT2D eigenvalue weighted by atomic mass is 35.5. The van der Waals surface area contributed by atoms with Crippen molar-refractivity contribution in [2.45, 2.75) is 19.8 Å². The Morgan fingerprint density at radius 1 is 1.31 bits per heavy atom. The van der Waals surface area contributed by atoms with E-state index in [1.54, 1.807) is 24.3 Å². The molecule has 1 aliphatic rings. The van der Waals surface area contributed by atoms with Crippen molar-refractivity contribution < 1.29 is 22.7 Å². The number of rotatable bonds is 5. The summed E-state index contributed by atoms with van der Waals surface area (Å²) in [7, 11) is 0. The Balaban J connectivity index is 1.57. The van der Waals surface area contributed by atoms with Crippen LogP contribution in [0.2, 0.25) is 10.0 Å². The first-order valence-corrected chi connectivity index (χ1v) is 10.6. The minimum Gasteiger partial charge on any atom is -0.486 e. The van der Waals surface area contributed by atoms with E-state index < -0.39 is 11.6 Å². The molecule has 0 unspecified atom stereocenters. The monoisotopic (exact) mass is 481 g/mol. The molecule has 168 valence electrons. The lowest BCUT2D eigenvalue weighted by Crippen LogP contribution is -2.32. The van der Waals surface area contributed by atoms with Crippen LogP contribution in [0.25, 0.3) is 16.5 Å². The van der Waals surface area contributed by atoms with Crippen molar-refractivity contribution in [2.75, 3.05) is 25.4 Å². The minimum absolute atomic E-state index is 0.0143. The fourth-order valence-electron chi connectivity index (χ4n) is 3.67. The number of benzene rings is 1. The molecule has 1 aliphatic heterocycles. The van der Waals surface area contributed by atoms with Gasteiger partial charge in [0.2, 0.25) is 11.7 Å². The summed E-state index contributed by atoms with van der Waals surface area (Å²) in [5.41, 5.74) is 8.38. The van der Waals surface area contributed by atoms with Crippen molar-refractivity contribution >= 4 is 51.5 Å². The van der Waals surface area contributed by atoms with Crippen molar-refractivity contribution in [3.63, 3.8) is 0 Å². The second-order valence-electron chi connectivity index (χ2n) is 7.35. The molecule has 3 heterocycles. The minimum atomic E-state index is -0.897. The van der Waals surface area contributed by atoms with E-state index >= 15 is 0 Å². The van der Waals surface area contributed by atoms with Crippen LogP contribution in [0.4, 0.5) is 14.6 Å².